The number of rotatable bonds is 6. The molecule has 0 radical (unpaired) electrons. The van der Waals surface area contributed by atoms with Crippen LogP contribution >= 0.6 is 0 Å². The van der Waals surface area contributed by atoms with Gasteiger partial charge < -0.3 is 24.1 Å². The fourth-order valence-corrected chi connectivity index (χ4v) is 3.30. The van der Waals surface area contributed by atoms with E-state index in [0.29, 0.717) is 19.1 Å². The first-order chi connectivity index (χ1) is 12.8. The predicted molar refractivity (Wildman–Crippen MR) is 97.5 cm³/mol. The highest BCUT2D eigenvalue weighted by Gasteiger charge is 2.23. The third-order valence-corrected chi connectivity index (χ3v) is 4.59. The monoisotopic (exact) mass is 354 g/mol. The molecule has 1 atom stereocenters. The van der Waals surface area contributed by atoms with Gasteiger partial charge in [0.25, 0.3) is 0 Å². The number of nitrogens with zero attached hydrogens (tertiary/aromatic N) is 3. The van der Waals surface area contributed by atoms with Crippen LogP contribution in [0.25, 0.3) is 11.0 Å². The number of fused-ring (bicyclic) bond motifs is 3. The molecule has 0 fully saturated rings. The number of imidazole rings is 1. The summed E-state index contributed by atoms with van der Waals surface area (Å²) in [5.41, 5.74) is 3.17. The highest BCUT2D eigenvalue weighted by atomic mass is 16.5. The number of ether oxygens (including phenoxy) is 3. The number of aromatic nitrogens is 3. The van der Waals surface area contributed by atoms with Gasteiger partial charge in [0.2, 0.25) is 5.88 Å². The van der Waals surface area contributed by atoms with Gasteiger partial charge in [0, 0.05) is 31.4 Å². The lowest BCUT2D eigenvalue weighted by Crippen LogP contribution is -2.32. The molecule has 0 aliphatic carbocycles. The van der Waals surface area contributed by atoms with Crippen molar-refractivity contribution < 1.29 is 14.2 Å². The van der Waals surface area contributed by atoms with E-state index < -0.39 is 0 Å². The van der Waals surface area contributed by atoms with E-state index in [0.717, 1.165) is 41.3 Å². The molecule has 7 nitrogen and oxygen atoms in total. The Morgan fingerprint density at radius 1 is 1.23 bits per heavy atom. The van der Waals surface area contributed by atoms with E-state index in [4.69, 9.17) is 19.2 Å². The van der Waals surface area contributed by atoms with Crippen LogP contribution in [0.2, 0.25) is 0 Å². The smallest absolute Gasteiger partial charge is 0.212 e. The summed E-state index contributed by atoms with van der Waals surface area (Å²) in [4.78, 5) is 8.94. The quantitative estimate of drug-likeness (QED) is 0.732. The number of nitrogens with one attached hydrogen (secondary N) is 1. The minimum atomic E-state index is 0.198. The molecule has 3 heterocycles. The van der Waals surface area contributed by atoms with Gasteiger partial charge in [-0.1, -0.05) is 6.07 Å². The topological polar surface area (TPSA) is 70.4 Å². The van der Waals surface area contributed by atoms with Crippen LogP contribution in [0, 0.1) is 0 Å². The third kappa shape index (κ3) is 3.23. The van der Waals surface area contributed by atoms with Crippen molar-refractivity contribution in [2.24, 2.45) is 0 Å². The van der Waals surface area contributed by atoms with Gasteiger partial charge in [-0.05, 0) is 17.7 Å². The van der Waals surface area contributed by atoms with Crippen LogP contribution in [0.5, 0.6) is 11.6 Å². The highest BCUT2D eigenvalue weighted by Crippen LogP contribution is 2.28. The van der Waals surface area contributed by atoms with Crippen LogP contribution in [-0.4, -0.2) is 41.9 Å². The number of hydrogen-bond donors (Lipinski definition) is 1. The molecule has 0 bridgehead atoms. The molecular weight excluding hydrogens is 332 g/mol. The second-order valence-corrected chi connectivity index (χ2v) is 6.26. The summed E-state index contributed by atoms with van der Waals surface area (Å²) in [7, 11) is 3.28. The Hall–Kier alpha value is -2.64. The number of methoxy groups -OCH3 is 2. The van der Waals surface area contributed by atoms with Crippen molar-refractivity contribution in [2.45, 2.75) is 19.2 Å². The molecule has 0 unspecified atom stereocenters. The summed E-state index contributed by atoms with van der Waals surface area (Å²) >= 11 is 0. The normalized spacial score (nSPS) is 16.5. The molecule has 1 aliphatic heterocycles. The lowest BCUT2D eigenvalue weighted by atomic mass is 10.2. The van der Waals surface area contributed by atoms with Crippen molar-refractivity contribution in [3.8, 4) is 11.6 Å². The number of hydrogen-bond acceptors (Lipinski definition) is 6. The average Bonchev–Trinajstić information content (AvgIpc) is 3.07. The summed E-state index contributed by atoms with van der Waals surface area (Å²) in [6.07, 6.45) is 1.83. The lowest BCUT2D eigenvalue weighted by Gasteiger charge is -2.26. The predicted octanol–water partition coefficient (Wildman–Crippen LogP) is 2.31. The molecule has 3 aromatic rings. The molecule has 0 saturated carbocycles. The maximum Gasteiger partial charge on any atom is 0.212 e. The second-order valence-electron chi connectivity index (χ2n) is 6.26. The van der Waals surface area contributed by atoms with Gasteiger partial charge in [-0.3, -0.25) is 0 Å². The number of benzene rings is 1. The van der Waals surface area contributed by atoms with Crippen molar-refractivity contribution in [2.75, 3.05) is 27.4 Å². The minimum Gasteiger partial charge on any atom is -0.497 e. The van der Waals surface area contributed by atoms with Crippen molar-refractivity contribution >= 4 is 11.0 Å². The Labute approximate surface area is 151 Å². The molecular formula is C19H22N4O3. The Bertz CT molecular complexity index is 892. The van der Waals surface area contributed by atoms with Crippen molar-refractivity contribution in [1.29, 1.82) is 0 Å². The maximum absolute atomic E-state index is 5.74. The van der Waals surface area contributed by atoms with Gasteiger partial charge in [0.15, 0.2) is 0 Å². The minimum absolute atomic E-state index is 0.198. The Balaban J connectivity index is 1.48. The van der Waals surface area contributed by atoms with Crippen LogP contribution in [0.15, 0.2) is 36.5 Å². The van der Waals surface area contributed by atoms with Crippen LogP contribution < -0.4 is 14.8 Å². The Kier molecular flexibility index (Phi) is 4.73. The Morgan fingerprint density at radius 3 is 2.92 bits per heavy atom. The molecule has 0 saturated heterocycles. The summed E-state index contributed by atoms with van der Waals surface area (Å²) in [5.74, 6) is 2.40. The average molecular weight is 354 g/mol. The first-order valence-corrected chi connectivity index (χ1v) is 8.60. The van der Waals surface area contributed by atoms with E-state index in [9.17, 15) is 0 Å². The van der Waals surface area contributed by atoms with E-state index in [1.807, 2.05) is 30.5 Å². The molecule has 0 spiro atoms. The largest absolute Gasteiger partial charge is 0.497 e. The first-order valence-electron chi connectivity index (χ1n) is 8.60. The second kappa shape index (κ2) is 7.31. The van der Waals surface area contributed by atoms with Crippen LogP contribution in [0.4, 0.5) is 0 Å². The van der Waals surface area contributed by atoms with Gasteiger partial charge in [-0.15, -0.1) is 0 Å². The molecule has 0 amide bonds. The molecule has 1 aliphatic rings. The van der Waals surface area contributed by atoms with E-state index in [2.05, 4.69) is 20.9 Å². The van der Waals surface area contributed by atoms with Crippen molar-refractivity contribution in [3.05, 3.63) is 47.9 Å². The molecule has 136 valence electrons. The van der Waals surface area contributed by atoms with Crippen LogP contribution in [-0.2, 0) is 17.9 Å². The standard InChI is InChI=1S/C19H22N4O3/c1-24-15-4-5-17-16(7-15)22-18-12-26-11-14(23(17)18)10-20-8-13-3-6-19(25-2)21-9-13/h3-7,9,14,20H,8,10-12H2,1-2H3/t14-/m0/s1. The fraction of sp³-hybridized carbons (Fsp3) is 0.368. The van der Waals surface area contributed by atoms with Crippen molar-refractivity contribution in [3.63, 3.8) is 0 Å². The van der Waals surface area contributed by atoms with E-state index in [-0.39, 0.29) is 6.04 Å². The SMILES string of the molecule is COc1ccc2c(c1)nc1n2[C@@H](CNCc2ccc(OC)nc2)COC1. The maximum atomic E-state index is 5.74. The summed E-state index contributed by atoms with van der Waals surface area (Å²) in [6, 6.07) is 10.1. The van der Waals surface area contributed by atoms with Crippen LogP contribution in [0.3, 0.4) is 0 Å². The third-order valence-electron chi connectivity index (χ3n) is 4.59. The first kappa shape index (κ1) is 16.8. The van der Waals surface area contributed by atoms with E-state index in [1.54, 1.807) is 14.2 Å². The summed E-state index contributed by atoms with van der Waals surface area (Å²) in [5, 5.41) is 3.49. The highest BCUT2D eigenvalue weighted by molar-refractivity contribution is 5.78. The lowest BCUT2D eigenvalue weighted by molar-refractivity contribution is 0.0564. The molecule has 7 heteroatoms. The van der Waals surface area contributed by atoms with Gasteiger partial charge in [-0.25, -0.2) is 9.97 Å². The fourth-order valence-electron chi connectivity index (χ4n) is 3.30. The molecule has 2 aromatic heterocycles. The zero-order valence-corrected chi connectivity index (χ0v) is 14.9. The Morgan fingerprint density at radius 2 is 2.15 bits per heavy atom. The summed E-state index contributed by atoms with van der Waals surface area (Å²) < 4.78 is 18.4. The van der Waals surface area contributed by atoms with Gasteiger partial charge in [0.1, 0.15) is 18.2 Å². The van der Waals surface area contributed by atoms with Crippen LogP contribution in [0.1, 0.15) is 17.4 Å². The van der Waals surface area contributed by atoms with E-state index >= 15 is 0 Å². The van der Waals surface area contributed by atoms with E-state index in [1.165, 1.54) is 0 Å². The zero-order valence-electron chi connectivity index (χ0n) is 14.9. The zero-order chi connectivity index (χ0) is 17.9. The molecule has 1 N–H and O–H groups in total. The molecule has 4 rings (SSSR count). The summed E-state index contributed by atoms with van der Waals surface area (Å²) in [6.45, 7) is 2.73. The van der Waals surface area contributed by atoms with Gasteiger partial charge in [-0.2, -0.15) is 0 Å². The van der Waals surface area contributed by atoms with Gasteiger partial charge in [0.05, 0.1) is 37.9 Å². The van der Waals surface area contributed by atoms with Crippen molar-refractivity contribution in [1.82, 2.24) is 19.9 Å². The van der Waals surface area contributed by atoms with Gasteiger partial charge >= 0.3 is 0 Å². The molecule has 1 aromatic carbocycles. The number of pyridine rings is 1. The molecule has 26 heavy (non-hydrogen) atoms.